The molecule has 0 saturated carbocycles. The average Bonchev–Trinajstić information content (AvgIpc) is 2.59. The van der Waals surface area contributed by atoms with Gasteiger partial charge in [0, 0.05) is 25.2 Å². The van der Waals surface area contributed by atoms with E-state index in [2.05, 4.69) is 9.88 Å². The molecule has 126 valence electrons. The zero-order chi connectivity index (χ0) is 17.1. The van der Waals surface area contributed by atoms with Crippen molar-refractivity contribution in [2.24, 2.45) is 12.8 Å². The van der Waals surface area contributed by atoms with Crippen LogP contribution in [0.15, 0.2) is 35.1 Å². The molecule has 0 radical (unpaired) electrons. The molecule has 1 amide bonds. The Morgan fingerprint density at radius 1 is 1.17 bits per heavy atom. The molecule has 0 unspecified atom stereocenters. The van der Waals surface area contributed by atoms with Crippen molar-refractivity contribution >= 4 is 5.91 Å². The predicted octanol–water partition coefficient (Wildman–Crippen LogP) is 1.53. The number of hydrogen-bond donors (Lipinski definition) is 1. The summed E-state index contributed by atoms with van der Waals surface area (Å²) in [5, 5.41) is 0. The van der Waals surface area contributed by atoms with E-state index >= 15 is 0 Å². The summed E-state index contributed by atoms with van der Waals surface area (Å²) < 4.78 is 1.42. The maximum absolute atomic E-state index is 12.0. The molecule has 6 nitrogen and oxygen atoms in total. The monoisotopic (exact) mass is 326 g/mol. The second-order valence-corrected chi connectivity index (χ2v) is 6.26. The van der Waals surface area contributed by atoms with Gasteiger partial charge in [-0.2, -0.15) is 0 Å². The van der Waals surface area contributed by atoms with Gasteiger partial charge in [-0.1, -0.05) is 30.7 Å². The normalized spacial score (nSPS) is 15.4. The molecule has 1 aromatic carbocycles. The number of hydrogen-bond acceptors (Lipinski definition) is 4. The van der Waals surface area contributed by atoms with E-state index in [4.69, 9.17) is 5.73 Å². The minimum Gasteiger partial charge on any atom is -0.364 e. The van der Waals surface area contributed by atoms with Gasteiger partial charge in [0.25, 0.3) is 11.5 Å². The van der Waals surface area contributed by atoms with Crippen LogP contribution in [0, 0.1) is 0 Å². The first-order valence-electron chi connectivity index (χ1n) is 8.24. The first-order chi connectivity index (χ1) is 11.5. The topological polar surface area (TPSA) is 81.2 Å². The van der Waals surface area contributed by atoms with Crippen LogP contribution in [0.4, 0.5) is 0 Å². The molecule has 0 bridgehead atoms. The number of aromatic nitrogens is 2. The molecule has 0 atom stereocenters. The molecule has 1 aliphatic heterocycles. The van der Waals surface area contributed by atoms with Crippen molar-refractivity contribution in [3.05, 3.63) is 51.9 Å². The average molecular weight is 326 g/mol. The van der Waals surface area contributed by atoms with E-state index in [1.165, 1.54) is 29.4 Å². The SMILES string of the molecule is Cn1c(-c2ccc(CN3CCCCC3)cc2)nc(C(N)=O)cc1=O. The number of nitrogens with zero attached hydrogens (tertiary/aromatic N) is 3. The smallest absolute Gasteiger partial charge is 0.267 e. The quantitative estimate of drug-likeness (QED) is 0.924. The molecule has 2 heterocycles. The lowest BCUT2D eigenvalue weighted by Gasteiger charge is -2.26. The molecule has 0 spiro atoms. The molecule has 0 aliphatic carbocycles. The van der Waals surface area contributed by atoms with Crippen molar-refractivity contribution in [3.8, 4) is 11.4 Å². The molecule has 6 heteroatoms. The zero-order valence-corrected chi connectivity index (χ0v) is 13.9. The summed E-state index contributed by atoms with van der Waals surface area (Å²) in [6, 6.07) is 9.13. The van der Waals surface area contributed by atoms with Gasteiger partial charge < -0.3 is 5.73 Å². The highest BCUT2D eigenvalue weighted by Gasteiger charge is 2.13. The number of piperidine rings is 1. The van der Waals surface area contributed by atoms with Gasteiger partial charge >= 0.3 is 0 Å². The van der Waals surface area contributed by atoms with Gasteiger partial charge in [0.15, 0.2) is 0 Å². The summed E-state index contributed by atoms with van der Waals surface area (Å²) in [6.07, 6.45) is 3.86. The van der Waals surface area contributed by atoms with Crippen molar-refractivity contribution in [2.75, 3.05) is 13.1 Å². The van der Waals surface area contributed by atoms with Gasteiger partial charge in [0.05, 0.1) is 0 Å². The van der Waals surface area contributed by atoms with Crippen molar-refractivity contribution in [3.63, 3.8) is 0 Å². The lowest BCUT2D eigenvalue weighted by atomic mass is 10.1. The lowest BCUT2D eigenvalue weighted by Crippen LogP contribution is -2.29. The number of amides is 1. The van der Waals surface area contributed by atoms with Crippen LogP contribution >= 0.6 is 0 Å². The summed E-state index contributed by atoms with van der Waals surface area (Å²) in [7, 11) is 1.64. The van der Waals surface area contributed by atoms with Crippen LogP contribution < -0.4 is 11.3 Å². The molecular formula is C18H22N4O2. The number of carbonyl (C=O) groups excluding carboxylic acids is 1. The lowest BCUT2D eigenvalue weighted by molar-refractivity contribution is 0.0995. The van der Waals surface area contributed by atoms with E-state index in [1.54, 1.807) is 7.05 Å². The van der Waals surface area contributed by atoms with E-state index < -0.39 is 5.91 Å². The Morgan fingerprint density at radius 2 is 1.83 bits per heavy atom. The van der Waals surface area contributed by atoms with Crippen LogP contribution in [0.1, 0.15) is 35.3 Å². The number of benzene rings is 1. The standard InChI is InChI=1S/C18H22N4O2/c1-21-16(23)11-15(17(19)24)20-18(21)14-7-5-13(6-8-14)12-22-9-3-2-4-10-22/h5-8,11H,2-4,9-10,12H2,1H3,(H2,19,24). The second kappa shape index (κ2) is 6.97. The van der Waals surface area contributed by atoms with Gasteiger partial charge in [0.2, 0.25) is 0 Å². The van der Waals surface area contributed by atoms with E-state index in [0.717, 1.165) is 31.3 Å². The van der Waals surface area contributed by atoms with Crippen molar-refractivity contribution in [2.45, 2.75) is 25.8 Å². The third kappa shape index (κ3) is 3.54. The second-order valence-electron chi connectivity index (χ2n) is 6.26. The van der Waals surface area contributed by atoms with Gasteiger partial charge in [0.1, 0.15) is 11.5 Å². The zero-order valence-electron chi connectivity index (χ0n) is 13.9. The van der Waals surface area contributed by atoms with Crippen LogP contribution in [0.3, 0.4) is 0 Å². The molecule has 24 heavy (non-hydrogen) atoms. The van der Waals surface area contributed by atoms with Crippen LogP contribution in [0.25, 0.3) is 11.4 Å². The highest BCUT2D eigenvalue weighted by molar-refractivity contribution is 5.91. The fourth-order valence-corrected chi connectivity index (χ4v) is 3.06. The third-order valence-corrected chi connectivity index (χ3v) is 4.45. The van der Waals surface area contributed by atoms with Gasteiger partial charge in [-0.05, 0) is 31.5 Å². The van der Waals surface area contributed by atoms with Crippen molar-refractivity contribution in [1.82, 2.24) is 14.5 Å². The maximum Gasteiger partial charge on any atom is 0.267 e. The van der Waals surface area contributed by atoms with Gasteiger partial charge in [-0.25, -0.2) is 4.98 Å². The predicted molar refractivity (Wildman–Crippen MR) is 92.6 cm³/mol. The van der Waals surface area contributed by atoms with E-state index in [0.29, 0.717) is 5.82 Å². The van der Waals surface area contributed by atoms with Crippen LogP contribution in [0.2, 0.25) is 0 Å². The summed E-state index contributed by atoms with van der Waals surface area (Å²) in [5.41, 5.74) is 6.97. The summed E-state index contributed by atoms with van der Waals surface area (Å²) in [6.45, 7) is 3.24. The molecule has 3 rings (SSSR count). The summed E-state index contributed by atoms with van der Waals surface area (Å²) in [4.78, 5) is 30.0. The van der Waals surface area contributed by atoms with Gasteiger partial charge in [-0.3, -0.25) is 19.1 Å². The Morgan fingerprint density at radius 3 is 2.46 bits per heavy atom. The molecule has 1 saturated heterocycles. The highest BCUT2D eigenvalue weighted by atomic mass is 16.1. The van der Waals surface area contributed by atoms with Crippen LogP contribution in [0.5, 0.6) is 0 Å². The Hall–Kier alpha value is -2.47. The minimum absolute atomic E-state index is 0.00880. The minimum atomic E-state index is -0.698. The largest absolute Gasteiger partial charge is 0.364 e. The van der Waals surface area contributed by atoms with Gasteiger partial charge in [-0.15, -0.1) is 0 Å². The Labute approximate surface area is 140 Å². The molecule has 1 aromatic heterocycles. The molecule has 2 aromatic rings. The Balaban J connectivity index is 1.85. The number of carbonyl (C=O) groups is 1. The highest BCUT2D eigenvalue weighted by Crippen LogP contribution is 2.18. The first kappa shape index (κ1) is 16.4. The fourth-order valence-electron chi connectivity index (χ4n) is 3.06. The number of primary amides is 1. The molecule has 1 fully saturated rings. The third-order valence-electron chi connectivity index (χ3n) is 4.45. The number of nitrogens with two attached hydrogens (primary N) is 1. The fraction of sp³-hybridized carbons (Fsp3) is 0.389. The van der Waals surface area contributed by atoms with E-state index in [1.807, 2.05) is 24.3 Å². The van der Waals surface area contributed by atoms with Crippen LogP contribution in [-0.4, -0.2) is 33.4 Å². The van der Waals surface area contributed by atoms with E-state index in [9.17, 15) is 9.59 Å². The number of rotatable bonds is 4. The first-order valence-corrected chi connectivity index (χ1v) is 8.24. The Bertz CT molecular complexity index is 790. The van der Waals surface area contributed by atoms with Crippen molar-refractivity contribution in [1.29, 1.82) is 0 Å². The summed E-state index contributed by atoms with van der Waals surface area (Å²) in [5.74, 6) is -0.253. The van der Waals surface area contributed by atoms with Crippen LogP contribution in [-0.2, 0) is 13.6 Å². The molecular weight excluding hydrogens is 304 g/mol. The molecule has 1 aliphatic rings. The number of likely N-dealkylation sites (tertiary alicyclic amines) is 1. The van der Waals surface area contributed by atoms with E-state index in [-0.39, 0.29) is 11.3 Å². The van der Waals surface area contributed by atoms with Crippen molar-refractivity contribution < 1.29 is 4.79 Å². The maximum atomic E-state index is 12.0. The molecule has 2 N–H and O–H groups in total. The summed E-state index contributed by atoms with van der Waals surface area (Å²) >= 11 is 0. The Kier molecular flexibility index (Phi) is 4.76.